The van der Waals surface area contributed by atoms with Gasteiger partial charge in [0.05, 0.1) is 11.1 Å². The lowest BCUT2D eigenvalue weighted by Crippen LogP contribution is -2.49. The minimum absolute atomic E-state index is 0.261. The molecule has 1 aliphatic rings. The van der Waals surface area contributed by atoms with Crippen molar-refractivity contribution in [3.63, 3.8) is 0 Å². The quantitative estimate of drug-likeness (QED) is 0.785. The van der Waals surface area contributed by atoms with Crippen LogP contribution in [0.25, 0.3) is 10.9 Å². The van der Waals surface area contributed by atoms with Crippen molar-refractivity contribution in [1.29, 1.82) is 0 Å². The highest BCUT2D eigenvalue weighted by Gasteiger charge is 2.34. The Morgan fingerprint density at radius 3 is 2.71 bits per heavy atom. The number of amides is 2. The summed E-state index contributed by atoms with van der Waals surface area (Å²) in [5.74, 6) is 0.856. The molecule has 6 nitrogen and oxygen atoms in total. The van der Waals surface area contributed by atoms with Crippen LogP contribution >= 0.6 is 0 Å². The van der Waals surface area contributed by atoms with Crippen LogP contribution in [-0.4, -0.2) is 42.4 Å². The molecule has 0 atom stereocenters. The number of nitrogens with one attached hydrogen (secondary N) is 2. The molecule has 0 aliphatic heterocycles. The Bertz CT molecular complexity index is 741. The van der Waals surface area contributed by atoms with E-state index in [9.17, 15) is 9.90 Å². The fourth-order valence-electron chi connectivity index (χ4n) is 2.85. The standard InChI is InChI=1S/C18H24N4O2/c1-22(2)16-10-13(14-6-3-4-7-15(14)21-16)11-19-17(23)20-12-18(24)8-5-9-18/h3-4,6-7,10,24H,5,8-9,11-12H2,1-2H3,(H2,19,20,23). The van der Waals surface area contributed by atoms with E-state index < -0.39 is 5.60 Å². The van der Waals surface area contributed by atoms with Gasteiger partial charge in [0.2, 0.25) is 0 Å². The number of fused-ring (bicyclic) bond motifs is 1. The number of anilines is 1. The Kier molecular flexibility index (Phi) is 4.57. The SMILES string of the molecule is CN(C)c1cc(CNC(=O)NCC2(O)CCC2)c2ccccc2n1. The highest BCUT2D eigenvalue weighted by molar-refractivity contribution is 5.84. The average Bonchev–Trinajstić information content (AvgIpc) is 2.55. The molecule has 0 unspecified atom stereocenters. The minimum Gasteiger partial charge on any atom is -0.388 e. The molecule has 6 heteroatoms. The van der Waals surface area contributed by atoms with Crippen molar-refractivity contribution < 1.29 is 9.90 Å². The maximum absolute atomic E-state index is 12.0. The van der Waals surface area contributed by atoms with E-state index in [2.05, 4.69) is 15.6 Å². The Morgan fingerprint density at radius 2 is 2.04 bits per heavy atom. The van der Waals surface area contributed by atoms with E-state index in [1.165, 1.54) is 0 Å². The normalized spacial score (nSPS) is 15.6. The van der Waals surface area contributed by atoms with Crippen LogP contribution in [0.5, 0.6) is 0 Å². The molecule has 1 aromatic carbocycles. The number of aliphatic hydroxyl groups is 1. The molecule has 0 spiro atoms. The largest absolute Gasteiger partial charge is 0.388 e. The van der Waals surface area contributed by atoms with Crippen molar-refractivity contribution >= 4 is 22.8 Å². The molecule has 0 radical (unpaired) electrons. The van der Waals surface area contributed by atoms with Crippen LogP contribution in [0.1, 0.15) is 24.8 Å². The third-order valence-electron chi connectivity index (χ3n) is 4.55. The topological polar surface area (TPSA) is 77.5 Å². The van der Waals surface area contributed by atoms with E-state index in [4.69, 9.17) is 0 Å². The second-order valence-corrected chi connectivity index (χ2v) is 6.67. The third-order valence-corrected chi connectivity index (χ3v) is 4.55. The lowest BCUT2D eigenvalue weighted by atomic mass is 9.80. The van der Waals surface area contributed by atoms with Crippen molar-refractivity contribution in [3.8, 4) is 0 Å². The smallest absolute Gasteiger partial charge is 0.315 e. The first-order valence-electron chi connectivity index (χ1n) is 8.27. The molecular weight excluding hydrogens is 304 g/mol. The highest BCUT2D eigenvalue weighted by atomic mass is 16.3. The van der Waals surface area contributed by atoms with E-state index in [0.717, 1.165) is 41.5 Å². The summed E-state index contributed by atoms with van der Waals surface area (Å²) >= 11 is 0. The van der Waals surface area contributed by atoms with Gasteiger partial charge in [-0.3, -0.25) is 0 Å². The number of benzene rings is 1. The summed E-state index contributed by atoms with van der Waals surface area (Å²) in [5, 5.41) is 16.7. The van der Waals surface area contributed by atoms with Crippen LogP contribution in [0.2, 0.25) is 0 Å². The van der Waals surface area contributed by atoms with Gasteiger partial charge in [-0.1, -0.05) is 18.2 Å². The third kappa shape index (κ3) is 3.59. The van der Waals surface area contributed by atoms with Gasteiger partial charge in [-0.05, 0) is 37.0 Å². The molecule has 2 amide bonds. The van der Waals surface area contributed by atoms with Gasteiger partial charge in [-0.15, -0.1) is 0 Å². The molecule has 0 saturated heterocycles. The average molecular weight is 328 g/mol. The summed E-state index contributed by atoms with van der Waals surface area (Å²) in [6, 6.07) is 9.63. The first-order chi connectivity index (χ1) is 11.5. The summed E-state index contributed by atoms with van der Waals surface area (Å²) in [6.07, 6.45) is 2.54. The van der Waals surface area contributed by atoms with E-state index in [0.29, 0.717) is 13.1 Å². The fraction of sp³-hybridized carbons (Fsp3) is 0.444. The van der Waals surface area contributed by atoms with Crippen molar-refractivity contribution in [1.82, 2.24) is 15.6 Å². The van der Waals surface area contributed by atoms with Crippen molar-refractivity contribution in [2.75, 3.05) is 25.5 Å². The molecule has 3 N–H and O–H groups in total. The van der Waals surface area contributed by atoms with Gasteiger partial charge >= 0.3 is 6.03 Å². The monoisotopic (exact) mass is 328 g/mol. The number of aromatic nitrogens is 1. The molecule has 0 bridgehead atoms. The van der Waals surface area contributed by atoms with Gasteiger partial charge < -0.3 is 20.6 Å². The molecule has 1 heterocycles. The van der Waals surface area contributed by atoms with E-state index in [1.54, 1.807) is 0 Å². The van der Waals surface area contributed by atoms with Crippen LogP contribution in [0, 0.1) is 0 Å². The first kappa shape index (κ1) is 16.5. The van der Waals surface area contributed by atoms with Crippen molar-refractivity contribution in [3.05, 3.63) is 35.9 Å². The Labute approximate surface area is 141 Å². The number of rotatable bonds is 5. The minimum atomic E-state index is -0.710. The summed E-state index contributed by atoms with van der Waals surface area (Å²) in [4.78, 5) is 18.6. The summed E-state index contributed by atoms with van der Waals surface area (Å²) < 4.78 is 0. The van der Waals surface area contributed by atoms with Gasteiger partial charge in [0.1, 0.15) is 5.82 Å². The zero-order valence-corrected chi connectivity index (χ0v) is 14.2. The number of hydrogen-bond donors (Lipinski definition) is 3. The van der Waals surface area contributed by atoms with Crippen LogP contribution in [-0.2, 0) is 6.54 Å². The Morgan fingerprint density at radius 1 is 1.29 bits per heavy atom. The van der Waals surface area contributed by atoms with Gasteiger partial charge in [0.15, 0.2) is 0 Å². The molecule has 24 heavy (non-hydrogen) atoms. The molecule has 2 aromatic rings. The molecule has 3 rings (SSSR count). The fourth-order valence-corrected chi connectivity index (χ4v) is 2.85. The number of nitrogens with zero attached hydrogens (tertiary/aromatic N) is 2. The van der Waals surface area contributed by atoms with Crippen molar-refractivity contribution in [2.45, 2.75) is 31.4 Å². The highest BCUT2D eigenvalue weighted by Crippen LogP contribution is 2.30. The summed E-state index contributed by atoms with van der Waals surface area (Å²) in [5.41, 5.74) is 1.21. The van der Waals surface area contributed by atoms with Crippen LogP contribution in [0.3, 0.4) is 0 Å². The number of carbonyl (C=O) groups is 1. The van der Waals surface area contributed by atoms with E-state index in [1.807, 2.05) is 49.3 Å². The molecule has 1 saturated carbocycles. The second-order valence-electron chi connectivity index (χ2n) is 6.67. The lowest BCUT2D eigenvalue weighted by molar-refractivity contribution is -0.0290. The zero-order valence-electron chi connectivity index (χ0n) is 14.2. The molecular formula is C18H24N4O2. The number of urea groups is 1. The molecule has 1 aromatic heterocycles. The number of pyridine rings is 1. The maximum atomic E-state index is 12.0. The Hall–Kier alpha value is -2.34. The molecule has 1 aliphatic carbocycles. The van der Waals surface area contributed by atoms with Gasteiger partial charge in [0.25, 0.3) is 0 Å². The first-order valence-corrected chi connectivity index (χ1v) is 8.27. The molecule has 1 fully saturated rings. The van der Waals surface area contributed by atoms with Gasteiger partial charge in [-0.25, -0.2) is 9.78 Å². The lowest BCUT2D eigenvalue weighted by Gasteiger charge is -2.36. The zero-order chi connectivity index (χ0) is 17.2. The van der Waals surface area contributed by atoms with Crippen LogP contribution < -0.4 is 15.5 Å². The van der Waals surface area contributed by atoms with Crippen LogP contribution in [0.15, 0.2) is 30.3 Å². The van der Waals surface area contributed by atoms with E-state index in [-0.39, 0.29) is 6.03 Å². The second kappa shape index (κ2) is 6.65. The summed E-state index contributed by atoms with van der Waals surface area (Å²) in [7, 11) is 3.89. The molecule has 128 valence electrons. The summed E-state index contributed by atoms with van der Waals surface area (Å²) in [6.45, 7) is 0.715. The Balaban J connectivity index is 1.68. The predicted octanol–water partition coefficient (Wildman–Crippen LogP) is 2.01. The number of para-hydroxylation sites is 1. The predicted molar refractivity (Wildman–Crippen MR) is 95.1 cm³/mol. The maximum Gasteiger partial charge on any atom is 0.315 e. The number of hydrogen-bond acceptors (Lipinski definition) is 4. The van der Waals surface area contributed by atoms with Crippen molar-refractivity contribution in [2.24, 2.45) is 0 Å². The number of carbonyl (C=O) groups excluding carboxylic acids is 1. The van der Waals surface area contributed by atoms with Crippen LogP contribution in [0.4, 0.5) is 10.6 Å². The van der Waals surface area contributed by atoms with Gasteiger partial charge in [-0.2, -0.15) is 0 Å². The van der Waals surface area contributed by atoms with E-state index >= 15 is 0 Å². The van der Waals surface area contributed by atoms with Gasteiger partial charge in [0, 0.05) is 32.6 Å².